The van der Waals surface area contributed by atoms with Gasteiger partial charge in [-0.2, -0.15) is 13.2 Å². The fourth-order valence-corrected chi connectivity index (χ4v) is 2.20. The zero-order valence-electron chi connectivity index (χ0n) is 11.5. The maximum atomic E-state index is 12.1. The smallest absolute Gasteiger partial charge is 0.373 e. The second kappa shape index (κ2) is 5.78. The Labute approximate surface area is 107 Å². The Morgan fingerprint density at radius 1 is 1.11 bits per heavy atom. The van der Waals surface area contributed by atoms with E-state index in [1.54, 1.807) is 0 Å². The highest BCUT2D eigenvalue weighted by atomic mass is 19.4. The summed E-state index contributed by atoms with van der Waals surface area (Å²) in [6, 6.07) is 0. The molecule has 0 amide bonds. The van der Waals surface area contributed by atoms with E-state index in [4.69, 9.17) is 4.74 Å². The van der Waals surface area contributed by atoms with E-state index in [0.717, 1.165) is 25.7 Å². The molecule has 0 aromatic rings. The molecular weight excluding hydrogens is 243 g/mol. The number of alkyl halides is 3. The van der Waals surface area contributed by atoms with Gasteiger partial charge in [-0.25, -0.2) is 0 Å². The molecule has 0 aromatic heterocycles. The van der Waals surface area contributed by atoms with Crippen molar-refractivity contribution in [3.63, 3.8) is 0 Å². The Balaban J connectivity index is 2.43. The molecule has 1 N–H and O–H groups in total. The second-order valence-corrected chi connectivity index (χ2v) is 6.21. The zero-order chi connectivity index (χ0) is 13.9. The van der Waals surface area contributed by atoms with E-state index in [2.05, 4.69) is 5.32 Å². The van der Waals surface area contributed by atoms with Crippen molar-refractivity contribution < 1.29 is 17.9 Å². The first-order valence-electron chi connectivity index (χ1n) is 6.58. The third-order valence-electron chi connectivity index (χ3n) is 3.25. The number of ether oxygens (including phenoxy) is 1. The Bertz CT molecular complexity index is 252. The van der Waals surface area contributed by atoms with Crippen molar-refractivity contribution in [3.8, 4) is 0 Å². The van der Waals surface area contributed by atoms with Crippen LogP contribution in [0.5, 0.6) is 0 Å². The molecule has 0 unspecified atom stereocenters. The van der Waals surface area contributed by atoms with Crippen LogP contribution in [0.2, 0.25) is 0 Å². The van der Waals surface area contributed by atoms with Gasteiger partial charge in [0.05, 0.1) is 18.6 Å². The molecule has 1 rings (SSSR count). The average molecular weight is 267 g/mol. The molecule has 0 aromatic carbocycles. The summed E-state index contributed by atoms with van der Waals surface area (Å²) in [7, 11) is 0. The van der Waals surface area contributed by atoms with Gasteiger partial charge in [0.15, 0.2) is 0 Å². The van der Waals surface area contributed by atoms with Crippen molar-refractivity contribution in [3.05, 3.63) is 0 Å². The van der Waals surface area contributed by atoms with E-state index in [9.17, 15) is 13.2 Å². The fourth-order valence-electron chi connectivity index (χ4n) is 2.20. The predicted molar refractivity (Wildman–Crippen MR) is 65.6 cm³/mol. The Morgan fingerprint density at radius 3 is 2.11 bits per heavy atom. The minimum Gasteiger partial charge on any atom is -0.373 e. The summed E-state index contributed by atoms with van der Waals surface area (Å²) in [4.78, 5) is 0. The average Bonchev–Trinajstić information content (AvgIpc) is 2.61. The van der Waals surface area contributed by atoms with E-state index >= 15 is 0 Å². The second-order valence-electron chi connectivity index (χ2n) is 6.21. The Kier molecular flexibility index (Phi) is 5.06. The normalized spacial score (nSPS) is 20.3. The van der Waals surface area contributed by atoms with E-state index in [1.165, 1.54) is 0 Å². The molecule has 1 fully saturated rings. The summed E-state index contributed by atoms with van der Waals surface area (Å²) >= 11 is 0. The number of halogens is 3. The highest BCUT2D eigenvalue weighted by Gasteiger charge is 2.37. The molecule has 1 saturated carbocycles. The van der Waals surface area contributed by atoms with Gasteiger partial charge in [-0.3, -0.25) is 0 Å². The van der Waals surface area contributed by atoms with E-state index in [1.807, 2.05) is 20.8 Å². The van der Waals surface area contributed by atoms with Gasteiger partial charge in [0.2, 0.25) is 0 Å². The van der Waals surface area contributed by atoms with E-state index in [0.29, 0.717) is 6.54 Å². The topological polar surface area (TPSA) is 21.3 Å². The van der Waals surface area contributed by atoms with Crippen molar-refractivity contribution >= 4 is 0 Å². The van der Waals surface area contributed by atoms with Crippen molar-refractivity contribution in [2.45, 2.75) is 70.2 Å². The van der Waals surface area contributed by atoms with Gasteiger partial charge < -0.3 is 10.1 Å². The van der Waals surface area contributed by atoms with Crippen LogP contribution >= 0.6 is 0 Å². The van der Waals surface area contributed by atoms with Gasteiger partial charge in [-0.1, -0.05) is 12.8 Å². The summed E-state index contributed by atoms with van der Waals surface area (Å²) in [6.45, 7) is 6.55. The van der Waals surface area contributed by atoms with Crippen LogP contribution in [0.3, 0.4) is 0 Å². The summed E-state index contributed by atoms with van der Waals surface area (Å²) in [5, 5.41) is 3.35. The van der Waals surface area contributed by atoms with Crippen LogP contribution in [0.4, 0.5) is 13.2 Å². The third-order valence-corrected chi connectivity index (χ3v) is 3.25. The van der Waals surface area contributed by atoms with Crippen molar-refractivity contribution in [1.82, 2.24) is 5.32 Å². The molecule has 0 aliphatic heterocycles. The monoisotopic (exact) mass is 267 g/mol. The van der Waals surface area contributed by atoms with E-state index in [-0.39, 0.29) is 12.1 Å². The molecule has 0 saturated heterocycles. The first-order valence-corrected chi connectivity index (χ1v) is 6.58. The van der Waals surface area contributed by atoms with Crippen LogP contribution in [0.25, 0.3) is 0 Å². The van der Waals surface area contributed by atoms with Crippen molar-refractivity contribution in [1.29, 1.82) is 0 Å². The zero-order valence-corrected chi connectivity index (χ0v) is 11.5. The fraction of sp³-hybridized carbons (Fsp3) is 1.00. The Morgan fingerprint density at radius 2 is 1.67 bits per heavy atom. The molecule has 2 nitrogen and oxygen atoms in total. The molecule has 0 spiro atoms. The largest absolute Gasteiger partial charge is 0.391 e. The van der Waals surface area contributed by atoms with Gasteiger partial charge in [-0.15, -0.1) is 0 Å². The molecule has 18 heavy (non-hydrogen) atoms. The summed E-state index contributed by atoms with van der Waals surface area (Å²) in [5.41, 5.74) is -0.429. The lowest BCUT2D eigenvalue weighted by atomic mass is 9.99. The highest BCUT2D eigenvalue weighted by molar-refractivity contribution is 4.90. The number of nitrogens with one attached hydrogen (secondary N) is 1. The van der Waals surface area contributed by atoms with E-state index < -0.39 is 18.2 Å². The van der Waals surface area contributed by atoms with Crippen LogP contribution in [0.15, 0.2) is 0 Å². The van der Waals surface area contributed by atoms with Gasteiger partial charge in [0.1, 0.15) is 0 Å². The maximum absolute atomic E-state index is 12.1. The van der Waals surface area contributed by atoms with Crippen LogP contribution in [0.1, 0.15) is 52.9 Å². The first-order chi connectivity index (χ1) is 8.12. The van der Waals surface area contributed by atoms with Gasteiger partial charge in [0, 0.05) is 12.1 Å². The molecule has 1 aliphatic rings. The predicted octanol–water partition coefficient (Wildman–Crippen LogP) is 3.66. The van der Waals surface area contributed by atoms with Crippen molar-refractivity contribution in [2.75, 3.05) is 13.2 Å². The third kappa shape index (κ3) is 6.05. The standard InChI is InChI=1S/C13H24F3NO/c1-11(2,3)17-10-12(6-4-5-7-12)18-9-8-13(14,15)16/h17H,4-10H2,1-3H3. The van der Waals surface area contributed by atoms with Crippen LogP contribution in [-0.2, 0) is 4.74 Å². The van der Waals surface area contributed by atoms with Crippen LogP contribution < -0.4 is 5.32 Å². The molecular formula is C13H24F3NO. The SMILES string of the molecule is CC(C)(C)NCC1(OCCC(F)(F)F)CCCC1. The lowest BCUT2D eigenvalue weighted by Gasteiger charge is -2.33. The molecule has 1 aliphatic carbocycles. The lowest BCUT2D eigenvalue weighted by molar-refractivity contribution is -0.158. The lowest BCUT2D eigenvalue weighted by Crippen LogP contribution is -2.48. The quantitative estimate of drug-likeness (QED) is 0.821. The van der Waals surface area contributed by atoms with Gasteiger partial charge in [0.25, 0.3) is 0 Å². The minimum atomic E-state index is -4.13. The highest BCUT2D eigenvalue weighted by Crippen LogP contribution is 2.34. The van der Waals surface area contributed by atoms with Gasteiger partial charge >= 0.3 is 6.18 Å². The number of rotatable bonds is 5. The summed E-state index contributed by atoms with van der Waals surface area (Å²) in [5.74, 6) is 0. The molecule has 5 heteroatoms. The molecule has 0 atom stereocenters. The molecule has 0 radical (unpaired) electrons. The summed E-state index contributed by atoms with van der Waals surface area (Å²) < 4.78 is 42.0. The summed E-state index contributed by atoms with van der Waals surface area (Å²) in [6.07, 6.45) is -1.20. The van der Waals surface area contributed by atoms with Crippen LogP contribution in [0, 0.1) is 0 Å². The Hall–Kier alpha value is -0.290. The molecule has 0 heterocycles. The maximum Gasteiger partial charge on any atom is 0.391 e. The molecule has 108 valence electrons. The first kappa shape index (κ1) is 15.8. The number of hydrogen-bond donors (Lipinski definition) is 1. The molecule has 0 bridgehead atoms. The van der Waals surface area contributed by atoms with Crippen molar-refractivity contribution in [2.24, 2.45) is 0 Å². The van der Waals surface area contributed by atoms with Gasteiger partial charge in [-0.05, 0) is 33.6 Å². The minimum absolute atomic E-state index is 0.0387. The van der Waals surface area contributed by atoms with Crippen LogP contribution in [-0.4, -0.2) is 30.5 Å². The number of hydrogen-bond acceptors (Lipinski definition) is 2.